The van der Waals surface area contributed by atoms with Crippen LogP contribution in [0.15, 0.2) is 18.2 Å². The normalized spacial score (nSPS) is 13.4. The largest absolute Gasteiger partial charge is 0.373 e. The molecule has 0 aliphatic carbocycles. The molecule has 0 fully saturated rings. The van der Waals surface area contributed by atoms with E-state index in [9.17, 15) is 4.79 Å². The molecular formula is C14H18Cl2O2. The highest BCUT2D eigenvalue weighted by atomic mass is 35.5. The molecule has 0 saturated heterocycles. The van der Waals surface area contributed by atoms with Crippen molar-refractivity contribution in [2.75, 3.05) is 7.11 Å². The molecule has 0 spiro atoms. The van der Waals surface area contributed by atoms with E-state index >= 15 is 0 Å². The van der Waals surface area contributed by atoms with Crippen LogP contribution < -0.4 is 0 Å². The number of hydrogen-bond acceptors (Lipinski definition) is 2. The second-order valence-corrected chi connectivity index (χ2v) is 6.20. The number of Topliss-reactive ketones (excluding diaryl/α,β-unsaturated/α-hetero) is 1. The lowest BCUT2D eigenvalue weighted by Crippen LogP contribution is -2.37. The van der Waals surface area contributed by atoms with E-state index in [0.717, 1.165) is 5.56 Å². The van der Waals surface area contributed by atoms with E-state index in [4.69, 9.17) is 27.9 Å². The molecule has 18 heavy (non-hydrogen) atoms. The third kappa shape index (κ3) is 3.98. The highest BCUT2D eigenvalue weighted by Gasteiger charge is 2.31. The zero-order valence-corrected chi connectivity index (χ0v) is 12.6. The zero-order valence-electron chi connectivity index (χ0n) is 11.1. The van der Waals surface area contributed by atoms with Gasteiger partial charge < -0.3 is 4.74 Å². The van der Waals surface area contributed by atoms with E-state index in [1.807, 2.05) is 20.8 Å². The summed E-state index contributed by atoms with van der Waals surface area (Å²) in [5.74, 6) is 0.0224. The van der Waals surface area contributed by atoms with Crippen molar-refractivity contribution in [3.05, 3.63) is 33.8 Å². The van der Waals surface area contributed by atoms with Crippen LogP contribution in [-0.2, 0) is 16.0 Å². The molecule has 100 valence electrons. The summed E-state index contributed by atoms with van der Waals surface area (Å²) in [5, 5.41) is 1.08. The fraction of sp³-hybridized carbons (Fsp3) is 0.500. The van der Waals surface area contributed by atoms with E-state index in [-0.39, 0.29) is 17.6 Å². The standard InChI is InChI=1S/C14H18Cl2O2/c1-14(2,3)13(18-4)12(17)7-9-5-6-10(15)8-11(9)16/h5-6,8,13H,7H2,1-4H3. The van der Waals surface area contributed by atoms with Crippen molar-refractivity contribution in [3.63, 3.8) is 0 Å². The molecule has 0 aliphatic heterocycles. The van der Waals surface area contributed by atoms with Gasteiger partial charge in [-0.15, -0.1) is 0 Å². The first-order chi connectivity index (χ1) is 8.25. The molecule has 4 heteroatoms. The quantitative estimate of drug-likeness (QED) is 0.831. The molecule has 1 unspecified atom stereocenters. The molecule has 0 aromatic heterocycles. The lowest BCUT2D eigenvalue weighted by atomic mass is 9.84. The van der Waals surface area contributed by atoms with Crippen molar-refractivity contribution in [2.45, 2.75) is 33.3 Å². The van der Waals surface area contributed by atoms with Gasteiger partial charge in [0.1, 0.15) is 6.10 Å². The molecule has 0 amide bonds. The van der Waals surface area contributed by atoms with Crippen LogP contribution in [0, 0.1) is 5.41 Å². The highest BCUT2D eigenvalue weighted by Crippen LogP contribution is 2.26. The van der Waals surface area contributed by atoms with Crippen LogP contribution in [0.3, 0.4) is 0 Å². The summed E-state index contributed by atoms with van der Waals surface area (Å²) < 4.78 is 5.29. The van der Waals surface area contributed by atoms with E-state index in [1.54, 1.807) is 25.3 Å². The number of hydrogen-bond donors (Lipinski definition) is 0. The molecule has 0 bridgehead atoms. The summed E-state index contributed by atoms with van der Waals surface area (Å²) in [6, 6.07) is 5.15. The number of halogens is 2. The fourth-order valence-corrected chi connectivity index (χ4v) is 2.39. The highest BCUT2D eigenvalue weighted by molar-refractivity contribution is 6.35. The third-order valence-corrected chi connectivity index (χ3v) is 3.28. The topological polar surface area (TPSA) is 26.3 Å². The van der Waals surface area contributed by atoms with Gasteiger partial charge in [0.2, 0.25) is 0 Å². The van der Waals surface area contributed by atoms with Gasteiger partial charge in [-0.1, -0.05) is 50.0 Å². The number of methoxy groups -OCH3 is 1. The third-order valence-electron chi connectivity index (χ3n) is 2.69. The van der Waals surface area contributed by atoms with Gasteiger partial charge in [-0.25, -0.2) is 0 Å². The maximum atomic E-state index is 12.2. The van der Waals surface area contributed by atoms with Gasteiger partial charge >= 0.3 is 0 Å². The van der Waals surface area contributed by atoms with Gasteiger partial charge in [-0.2, -0.15) is 0 Å². The minimum Gasteiger partial charge on any atom is -0.373 e. The number of carbonyl (C=O) groups is 1. The van der Waals surface area contributed by atoms with Gasteiger partial charge in [0.05, 0.1) is 0 Å². The lowest BCUT2D eigenvalue weighted by molar-refractivity contribution is -0.134. The molecular weight excluding hydrogens is 271 g/mol. The van der Waals surface area contributed by atoms with Crippen molar-refractivity contribution in [2.24, 2.45) is 5.41 Å². The van der Waals surface area contributed by atoms with Gasteiger partial charge in [0, 0.05) is 23.6 Å². The monoisotopic (exact) mass is 288 g/mol. The molecule has 0 aliphatic rings. The fourth-order valence-electron chi connectivity index (χ4n) is 1.91. The summed E-state index contributed by atoms with van der Waals surface area (Å²) >= 11 is 11.9. The van der Waals surface area contributed by atoms with Gasteiger partial charge in [-0.05, 0) is 23.1 Å². The lowest BCUT2D eigenvalue weighted by Gasteiger charge is -2.28. The molecule has 0 heterocycles. The number of carbonyl (C=O) groups excluding carboxylic acids is 1. The predicted molar refractivity (Wildman–Crippen MR) is 75.4 cm³/mol. The Morgan fingerprint density at radius 3 is 2.39 bits per heavy atom. The van der Waals surface area contributed by atoms with Crippen molar-refractivity contribution in [3.8, 4) is 0 Å². The average molecular weight is 289 g/mol. The van der Waals surface area contributed by atoms with E-state index < -0.39 is 6.10 Å². The second kappa shape index (κ2) is 6.05. The van der Waals surface area contributed by atoms with Gasteiger partial charge in [0.15, 0.2) is 5.78 Å². The van der Waals surface area contributed by atoms with E-state index in [2.05, 4.69) is 0 Å². The molecule has 0 saturated carbocycles. The minimum atomic E-state index is -0.441. The van der Waals surface area contributed by atoms with Crippen LogP contribution >= 0.6 is 23.2 Å². The maximum absolute atomic E-state index is 12.2. The van der Waals surface area contributed by atoms with Crippen LogP contribution in [0.2, 0.25) is 10.0 Å². The van der Waals surface area contributed by atoms with Gasteiger partial charge in [0.25, 0.3) is 0 Å². The number of benzene rings is 1. The van der Waals surface area contributed by atoms with Crippen LogP contribution in [-0.4, -0.2) is 19.0 Å². The van der Waals surface area contributed by atoms with Crippen LogP contribution in [0.25, 0.3) is 0 Å². The van der Waals surface area contributed by atoms with Crippen molar-refractivity contribution in [1.29, 1.82) is 0 Å². The van der Waals surface area contributed by atoms with Crippen molar-refractivity contribution >= 4 is 29.0 Å². The summed E-state index contributed by atoms with van der Waals surface area (Å²) in [7, 11) is 1.55. The van der Waals surface area contributed by atoms with Gasteiger partial charge in [-0.3, -0.25) is 4.79 Å². The SMILES string of the molecule is COC(C(=O)Cc1ccc(Cl)cc1Cl)C(C)(C)C. The first kappa shape index (κ1) is 15.5. The Kier molecular flexibility index (Phi) is 5.20. The molecule has 0 N–H and O–H groups in total. The molecule has 1 aromatic rings. The second-order valence-electron chi connectivity index (χ2n) is 5.36. The average Bonchev–Trinajstić information content (AvgIpc) is 2.21. The first-order valence-electron chi connectivity index (χ1n) is 5.75. The van der Waals surface area contributed by atoms with E-state index in [0.29, 0.717) is 10.0 Å². The Balaban J connectivity index is 2.87. The first-order valence-corrected chi connectivity index (χ1v) is 6.50. The van der Waals surface area contributed by atoms with Crippen LogP contribution in [0.1, 0.15) is 26.3 Å². The Bertz CT molecular complexity index is 436. The Labute approximate surface area is 118 Å². The molecule has 2 nitrogen and oxygen atoms in total. The molecule has 1 aromatic carbocycles. The summed E-state index contributed by atoms with van der Waals surface area (Å²) in [6.07, 6.45) is -0.185. The Morgan fingerprint density at radius 1 is 1.33 bits per heavy atom. The van der Waals surface area contributed by atoms with Crippen molar-refractivity contribution in [1.82, 2.24) is 0 Å². The van der Waals surface area contributed by atoms with Crippen LogP contribution in [0.5, 0.6) is 0 Å². The van der Waals surface area contributed by atoms with Crippen molar-refractivity contribution < 1.29 is 9.53 Å². The summed E-state index contributed by atoms with van der Waals surface area (Å²) in [4.78, 5) is 12.2. The van der Waals surface area contributed by atoms with Crippen LogP contribution in [0.4, 0.5) is 0 Å². The maximum Gasteiger partial charge on any atom is 0.166 e. The molecule has 1 atom stereocenters. The molecule has 1 rings (SSSR count). The van der Waals surface area contributed by atoms with E-state index in [1.165, 1.54) is 0 Å². The zero-order chi connectivity index (χ0) is 13.9. The summed E-state index contributed by atoms with van der Waals surface area (Å²) in [6.45, 7) is 5.92. The number of rotatable bonds is 4. The summed E-state index contributed by atoms with van der Waals surface area (Å²) in [5.41, 5.74) is 0.544. The Morgan fingerprint density at radius 2 is 1.94 bits per heavy atom. The number of ketones is 1. The minimum absolute atomic E-state index is 0.0224. The smallest absolute Gasteiger partial charge is 0.166 e. The Hall–Kier alpha value is -0.570. The predicted octanol–water partition coefficient (Wildman–Crippen LogP) is 4.17. The molecule has 0 radical (unpaired) electrons. The number of ether oxygens (including phenoxy) is 1.